The molecule has 1 rings (SSSR count). The topological polar surface area (TPSA) is 17.1 Å². The first-order valence-electron chi connectivity index (χ1n) is 5.03. The lowest BCUT2D eigenvalue weighted by atomic mass is 9.93. The van der Waals surface area contributed by atoms with Crippen molar-refractivity contribution in [2.45, 2.75) is 25.7 Å². The number of hydrogen-bond donors (Lipinski definition) is 0. The van der Waals surface area contributed by atoms with Crippen LogP contribution in [0.5, 0.6) is 0 Å². The first-order chi connectivity index (χ1) is 6.88. The van der Waals surface area contributed by atoms with E-state index in [1.54, 1.807) is 6.08 Å². The Labute approximate surface area is 85.5 Å². The second-order valence-electron chi connectivity index (χ2n) is 3.32. The van der Waals surface area contributed by atoms with E-state index in [-0.39, 0.29) is 0 Å². The largest absolute Gasteiger partial charge is 0.299 e. The molecule has 1 aromatic carbocycles. The van der Waals surface area contributed by atoms with Crippen LogP contribution in [0.3, 0.4) is 0 Å². The highest BCUT2D eigenvalue weighted by molar-refractivity contribution is 5.64. The zero-order valence-corrected chi connectivity index (χ0v) is 8.52. The van der Waals surface area contributed by atoms with E-state index in [2.05, 4.69) is 31.2 Å². The molecule has 74 valence electrons. The maximum Gasteiger partial charge on any atom is 0.142 e. The molecule has 0 aliphatic rings. The van der Waals surface area contributed by atoms with Gasteiger partial charge >= 0.3 is 0 Å². The van der Waals surface area contributed by atoms with Crippen molar-refractivity contribution in [2.24, 2.45) is 0 Å². The molecule has 1 atom stereocenters. The van der Waals surface area contributed by atoms with E-state index in [1.807, 2.05) is 12.1 Å². The highest BCUT2D eigenvalue weighted by Gasteiger charge is 2.05. The van der Waals surface area contributed by atoms with E-state index < -0.39 is 0 Å². The van der Waals surface area contributed by atoms with Crippen molar-refractivity contribution in [1.29, 1.82) is 0 Å². The summed E-state index contributed by atoms with van der Waals surface area (Å²) in [5, 5.41) is 0. The van der Waals surface area contributed by atoms with Gasteiger partial charge in [0, 0.05) is 0 Å². The molecule has 1 nitrogen and oxygen atoms in total. The fourth-order valence-corrected chi connectivity index (χ4v) is 1.56. The number of rotatable bonds is 5. The standard InChI is InChI=1S/C13H16O/c1-2-12(8-6-7-11-14)13-9-4-3-5-10-13/h3-7,9-12H,2,8H2,1H3/b7-6+/t12-/m1/s1. The summed E-state index contributed by atoms with van der Waals surface area (Å²) in [7, 11) is 0. The second-order valence-corrected chi connectivity index (χ2v) is 3.32. The van der Waals surface area contributed by atoms with Gasteiger partial charge in [0.05, 0.1) is 0 Å². The lowest BCUT2D eigenvalue weighted by molar-refractivity contribution is -0.104. The lowest BCUT2D eigenvalue weighted by Gasteiger charge is -2.12. The van der Waals surface area contributed by atoms with E-state index in [1.165, 1.54) is 5.56 Å². The number of benzene rings is 1. The van der Waals surface area contributed by atoms with Gasteiger partial charge < -0.3 is 0 Å². The van der Waals surface area contributed by atoms with Crippen LogP contribution in [0.2, 0.25) is 0 Å². The molecule has 0 aliphatic carbocycles. The molecule has 0 saturated heterocycles. The highest BCUT2D eigenvalue weighted by Crippen LogP contribution is 2.22. The normalized spacial score (nSPS) is 12.9. The molecule has 0 amide bonds. The van der Waals surface area contributed by atoms with Crippen molar-refractivity contribution >= 4 is 6.29 Å². The predicted molar refractivity (Wildman–Crippen MR) is 59.3 cm³/mol. The van der Waals surface area contributed by atoms with Gasteiger partial charge in [-0.05, 0) is 30.4 Å². The Morgan fingerprint density at radius 1 is 1.29 bits per heavy atom. The molecule has 0 saturated carbocycles. The third-order valence-corrected chi connectivity index (χ3v) is 2.40. The SMILES string of the molecule is CC[C@H](C/C=C/C=O)c1ccccc1. The quantitative estimate of drug-likeness (QED) is 0.511. The summed E-state index contributed by atoms with van der Waals surface area (Å²) < 4.78 is 0. The van der Waals surface area contributed by atoms with E-state index >= 15 is 0 Å². The van der Waals surface area contributed by atoms with Crippen molar-refractivity contribution in [3.8, 4) is 0 Å². The van der Waals surface area contributed by atoms with Gasteiger partial charge in [-0.1, -0.05) is 43.3 Å². The monoisotopic (exact) mass is 188 g/mol. The van der Waals surface area contributed by atoms with Gasteiger partial charge in [-0.3, -0.25) is 4.79 Å². The van der Waals surface area contributed by atoms with Gasteiger partial charge in [0.1, 0.15) is 6.29 Å². The lowest BCUT2D eigenvalue weighted by Crippen LogP contribution is -1.94. The maximum absolute atomic E-state index is 10.1. The predicted octanol–water partition coefficient (Wildman–Crippen LogP) is 3.33. The Kier molecular flexibility index (Phi) is 4.70. The second kappa shape index (κ2) is 6.14. The number of allylic oxidation sites excluding steroid dienone is 2. The minimum atomic E-state index is 0.535. The molecule has 0 heterocycles. The summed E-state index contributed by atoms with van der Waals surface area (Å²) in [6.07, 6.45) is 6.39. The third kappa shape index (κ3) is 3.17. The molecule has 0 unspecified atom stereocenters. The summed E-state index contributed by atoms with van der Waals surface area (Å²) in [6, 6.07) is 10.4. The summed E-state index contributed by atoms with van der Waals surface area (Å²) in [4.78, 5) is 10.1. The van der Waals surface area contributed by atoms with E-state index in [0.717, 1.165) is 19.1 Å². The molecule has 0 aromatic heterocycles. The van der Waals surface area contributed by atoms with Crippen LogP contribution in [-0.2, 0) is 4.79 Å². The van der Waals surface area contributed by atoms with Crippen LogP contribution >= 0.6 is 0 Å². The van der Waals surface area contributed by atoms with Gasteiger partial charge in [-0.15, -0.1) is 0 Å². The van der Waals surface area contributed by atoms with Crippen LogP contribution in [0.15, 0.2) is 42.5 Å². The van der Waals surface area contributed by atoms with Gasteiger partial charge in [0.25, 0.3) is 0 Å². The highest BCUT2D eigenvalue weighted by atomic mass is 16.1. The number of aldehydes is 1. The molecule has 0 aliphatic heterocycles. The van der Waals surface area contributed by atoms with Crippen molar-refractivity contribution in [2.75, 3.05) is 0 Å². The molecule has 0 bridgehead atoms. The fourth-order valence-electron chi connectivity index (χ4n) is 1.56. The Morgan fingerprint density at radius 2 is 2.00 bits per heavy atom. The van der Waals surface area contributed by atoms with Crippen molar-refractivity contribution in [3.05, 3.63) is 48.0 Å². The number of carbonyl (C=O) groups is 1. The molecule has 0 fully saturated rings. The molecular formula is C13H16O. The third-order valence-electron chi connectivity index (χ3n) is 2.40. The molecule has 1 aromatic rings. The average Bonchev–Trinajstić information content (AvgIpc) is 2.26. The van der Waals surface area contributed by atoms with E-state index in [4.69, 9.17) is 0 Å². The molecule has 0 spiro atoms. The fraction of sp³-hybridized carbons (Fsp3) is 0.308. The number of hydrogen-bond acceptors (Lipinski definition) is 1. The van der Waals surface area contributed by atoms with Crippen LogP contribution in [0.4, 0.5) is 0 Å². The minimum absolute atomic E-state index is 0.535. The Bertz CT molecular complexity index is 287. The summed E-state index contributed by atoms with van der Waals surface area (Å²) in [5.74, 6) is 0.535. The Balaban J connectivity index is 2.63. The van der Waals surface area contributed by atoms with Gasteiger partial charge in [0.2, 0.25) is 0 Å². The molecule has 0 N–H and O–H groups in total. The van der Waals surface area contributed by atoms with Crippen molar-refractivity contribution in [3.63, 3.8) is 0 Å². The Morgan fingerprint density at radius 3 is 2.57 bits per heavy atom. The first kappa shape index (κ1) is 10.7. The zero-order valence-electron chi connectivity index (χ0n) is 8.52. The summed E-state index contributed by atoms with van der Waals surface area (Å²) in [5.41, 5.74) is 1.35. The van der Waals surface area contributed by atoms with Gasteiger partial charge in [-0.2, -0.15) is 0 Å². The van der Waals surface area contributed by atoms with E-state index in [9.17, 15) is 4.79 Å². The van der Waals surface area contributed by atoms with Crippen molar-refractivity contribution in [1.82, 2.24) is 0 Å². The smallest absolute Gasteiger partial charge is 0.142 e. The van der Waals surface area contributed by atoms with Crippen LogP contribution < -0.4 is 0 Å². The van der Waals surface area contributed by atoms with Crippen LogP contribution in [0.1, 0.15) is 31.2 Å². The van der Waals surface area contributed by atoms with Gasteiger partial charge in [0.15, 0.2) is 0 Å². The van der Waals surface area contributed by atoms with Gasteiger partial charge in [-0.25, -0.2) is 0 Å². The molecule has 0 radical (unpaired) electrons. The summed E-state index contributed by atoms with van der Waals surface area (Å²) in [6.45, 7) is 2.17. The molecule has 14 heavy (non-hydrogen) atoms. The van der Waals surface area contributed by atoms with Crippen LogP contribution in [-0.4, -0.2) is 6.29 Å². The average molecular weight is 188 g/mol. The Hall–Kier alpha value is -1.37. The molecule has 1 heteroatoms. The first-order valence-corrected chi connectivity index (χ1v) is 5.03. The number of carbonyl (C=O) groups excluding carboxylic acids is 1. The van der Waals surface area contributed by atoms with Crippen LogP contribution in [0, 0.1) is 0 Å². The van der Waals surface area contributed by atoms with Crippen LogP contribution in [0.25, 0.3) is 0 Å². The van der Waals surface area contributed by atoms with E-state index in [0.29, 0.717) is 5.92 Å². The zero-order chi connectivity index (χ0) is 10.2. The van der Waals surface area contributed by atoms with Crippen molar-refractivity contribution < 1.29 is 4.79 Å². The maximum atomic E-state index is 10.1. The molecular weight excluding hydrogens is 172 g/mol. The minimum Gasteiger partial charge on any atom is -0.299 e. The summed E-state index contributed by atoms with van der Waals surface area (Å²) >= 11 is 0.